The van der Waals surface area contributed by atoms with Crippen LogP contribution in [0.15, 0.2) is 48.5 Å². The zero-order valence-electron chi connectivity index (χ0n) is 11.6. The van der Waals surface area contributed by atoms with Gasteiger partial charge in [0.05, 0.1) is 0 Å². The van der Waals surface area contributed by atoms with E-state index in [0.29, 0.717) is 17.2 Å². The minimum Gasteiger partial charge on any atom is -0.485 e. The molecule has 2 aromatic carbocycles. The second-order valence-corrected chi connectivity index (χ2v) is 4.95. The fraction of sp³-hybridized carbons (Fsp3) is 0.235. The molecule has 3 heteroatoms. The molecule has 20 heavy (non-hydrogen) atoms. The third-order valence-electron chi connectivity index (χ3n) is 3.04. The van der Waals surface area contributed by atoms with Gasteiger partial charge >= 0.3 is 0 Å². The molecule has 2 nitrogen and oxygen atoms in total. The molecule has 2 aromatic rings. The summed E-state index contributed by atoms with van der Waals surface area (Å²) in [4.78, 5) is 11.9. The minimum absolute atomic E-state index is 0.0923. The first-order valence-corrected chi connectivity index (χ1v) is 6.58. The standard InChI is InChI=1S/C17H17FO2/c1-12(2)13-5-4-8-16(10-13)20-11-17(19)14-6-3-7-15(18)9-14/h3-10,12H,11H2,1-2H3. The molecule has 0 saturated heterocycles. The Hall–Kier alpha value is -2.16. The van der Waals surface area contributed by atoms with Gasteiger partial charge in [0.25, 0.3) is 0 Å². The van der Waals surface area contributed by atoms with Gasteiger partial charge in [-0.1, -0.05) is 38.1 Å². The molecule has 2 rings (SSSR count). The van der Waals surface area contributed by atoms with E-state index in [1.165, 1.54) is 18.2 Å². The first kappa shape index (κ1) is 14.3. The van der Waals surface area contributed by atoms with Crippen LogP contribution < -0.4 is 4.74 Å². The monoisotopic (exact) mass is 272 g/mol. The summed E-state index contributed by atoms with van der Waals surface area (Å²) in [6.07, 6.45) is 0. The normalized spacial score (nSPS) is 10.6. The molecule has 0 heterocycles. The average Bonchev–Trinajstić information content (AvgIpc) is 2.45. The third-order valence-corrected chi connectivity index (χ3v) is 3.04. The van der Waals surface area contributed by atoms with Crippen molar-refractivity contribution in [3.63, 3.8) is 0 Å². The van der Waals surface area contributed by atoms with Gasteiger partial charge in [-0.2, -0.15) is 0 Å². The molecule has 0 amide bonds. The lowest BCUT2D eigenvalue weighted by atomic mass is 10.0. The second-order valence-electron chi connectivity index (χ2n) is 4.95. The highest BCUT2D eigenvalue weighted by Gasteiger charge is 2.08. The van der Waals surface area contributed by atoms with Crippen molar-refractivity contribution >= 4 is 5.78 Å². The molecule has 104 valence electrons. The summed E-state index contributed by atoms with van der Waals surface area (Å²) in [6.45, 7) is 4.10. The van der Waals surface area contributed by atoms with E-state index in [9.17, 15) is 9.18 Å². The highest BCUT2D eigenvalue weighted by molar-refractivity contribution is 5.97. The van der Waals surface area contributed by atoms with Crippen LogP contribution in [0.5, 0.6) is 5.75 Å². The van der Waals surface area contributed by atoms with Gasteiger partial charge in [0.2, 0.25) is 0 Å². The van der Waals surface area contributed by atoms with Gasteiger partial charge < -0.3 is 4.74 Å². The molecule has 0 saturated carbocycles. The number of rotatable bonds is 5. The van der Waals surface area contributed by atoms with Crippen molar-refractivity contribution in [1.29, 1.82) is 0 Å². The summed E-state index contributed by atoms with van der Waals surface area (Å²) in [5, 5.41) is 0. The highest BCUT2D eigenvalue weighted by Crippen LogP contribution is 2.20. The van der Waals surface area contributed by atoms with Crippen molar-refractivity contribution in [3.8, 4) is 5.75 Å². The maximum absolute atomic E-state index is 13.0. The molecule has 0 spiro atoms. The Bertz CT molecular complexity index is 605. The van der Waals surface area contributed by atoms with E-state index in [0.717, 1.165) is 5.56 Å². The smallest absolute Gasteiger partial charge is 0.200 e. The van der Waals surface area contributed by atoms with Crippen LogP contribution >= 0.6 is 0 Å². The molecule has 0 aliphatic rings. The lowest BCUT2D eigenvalue weighted by molar-refractivity contribution is 0.0921. The summed E-state index contributed by atoms with van der Waals surface area (Å²) in [5.74, 6) is 0.399. The SMILES string of the molecule is CC(C)c1cccc(OCC(=O)c2cccc(F)c2)c1. The summed E-state index contributed by atoms with van der Waals surface area (Å²) in [6, 6.07) is 13.3. The minimum atomic E-state index is -0.419. The van der Waals surface area contributed by atoms with Crippen molar-refractivity contribution in [3.05, 3.63) is 65.5 Å². The van der Waals surface area contributed by atoms with Crippen molar-refractivity contribution in [2.24, 2.45) is 0 Å². The second kappa shape index (κ2) is 6.33. The number of halogens is 1. The molecular formula is C17H17FO2. The molecule has 0 unspecified atom stereocenters. The van der Waals surface area contributed by atoms with Crippen LogP contribution in [0.3, 0.4) is 0 Å². The Balaban J connectivity index is 2.02. The number of ether oxygens (including phenoxy) is 1. The maximum Gasteiger partial charge on any atom is 0.200 e. The Morgan fingerprint density at radius 2 is 1.90 bits per heavy atom. The quantitative estimate of drug-likeness (QED) is 0.762. The lowest BCUT2D eigenvalue weighted by Gasteiger charge is -2.09. The zero-order valence-corrected chi connectivity index (χ0v) is 11.6. The predicted octanol–water partition coefficient (Wildman–Crippen LogP) is 4.21. The lowest BCUT2D eigenvalue weighted by Crippen LogP contribution is -2.11. The number of ketones is 1. The third kappa shape index (κ3) is 3.67. The number of carbonyl (C=O) groups is 1. The Kier molecular flexibility index (Phi) is 4.51. The van der Waals surface area contributed by atoms with Crippen LogP contribution in [0.25, 0.3) is 0 Å². The fourth-order valence-electron chi connectivity index (χ4n) is 1.86. The first-order chi connectivity index (χ1) is 9.56. The number of hydrogen-bond donors (Lipinski definition) is 0. The molecule has 0 N–H and O–H groups in total. The van der Waals surface area contributed by atoms with E-state index in [2.05, 4.69) is 13.8 Å². The van der Waals surface area contributed by atoms with E-state index in [4.69, 9.17) is 4.74 Å². The van der Waals surface area contributed by atoms with Crippen molar-refractivity contribution in [1.82, 2.24) is 0 Å². The molecule has 0 bridgehead atoms. The Labute approximate surface area is 118 Å². The molecule has 0 aliphatic heterocycles. The summed E-state index contributed by atoms with van der Waals surface area (Å²) < 4.78 is 18.5. The molecule has 0 fully saturated rings. The fourth-order valence-corrected chi connectivity index (χ4v) is 1.86. The number of Topliss-reactive ketones (excluding diaryl/α,β-unsaturated/α-hetero) is 1. The largest absolute Gasteiger partial charge is 0.485 e. The van der Waals surface area contributed by atoms with E-state index < -0.39 is 5.82 Å². The topological polar surface area (TPSA) is 26.3 Å². The van der Waals surface area contributed by atoms with Crippen LogP contribution in [-0.2, 0) is 0 Å². The molecule has 0 atom stereocenters. The predicted molar refractivity (Wildman–Crippen MR) is 76.8 cm³/mol. The van der Waals surface area contributed by atoms with Gasteiger partial charge in [0, 0.05) is 5.56 Å². The summed E-state index contributed by atoms with van der Waals surface area (Å²) in [7, 11) is 0. The van der Waals surface area contributed by atoms with E-state index in [-0.39, 0.29) is 12.4 Å². The van der Waals surface area contributed by atoms with Crippen molar-refractivity contribution in [2.45, 2.75) is 19.8 Å². The number of carbonyl (C=O) groups excluding carboxylic acids is 1. The Morgan fingerprint density at radius 3 is 2.60 bits per heavy atom. The molecule has 0 aliphatic carbocycles. The van der Waals surface area contributed by atoms with Crippen molar-refractivity contribution in [2.75, 3.05) is 6.61 Å². The van der Waals surface area contributed by atoms with Gasteiger partial charge in [-0.25, -0.2) is 4.39 Å². The Morgan fingerprint density at radius 1 is 1.15 bits per heavy atom. The van der Waals surface area contributed by atoms with Crippen LogP contribution in [0.4, 0.5) is 4.39 Å². The van der Waals surface area contributed by atoms with Gasteiger partial charge in [-0.15, -0.1) is 0 Å². The molecule has 0 radical (unpaired) electrons. The van der Waals surface area contributed by atoms with Crippen LogP contribution in [-0.4, -0.2) is 12.4 Å². The maximum atomic E-state index is 13.0. The highest BCUT2D eigenvalue weighted by atomic mass is 19.1. The zero-order chi connectivity index (χ0) is 14.5. The summed E-state index contributed by atoms with van der Waals surface area (Å²) in [5.41, 5.74) is 1.48. The molecule has 0 aromatic heterocycles. The van der Waals surface area contributed by atoms with Gasteiger partial charge in [0.1, 0.15) is 11.6 Å². The van der Waals surface area contributed by atoms with Crippen LogP contribution in [0, 0.1) is 5.82 Å². The van der Waals surface area contributed by atoms with Crippen LogP contribution in [0.2, 0.25) is 0 Å². The van der Waals surface area contributed by atoms with Crippen molar-refractivity contribution < 1.29 is 13.9 Å². The van der Waals surface area contributed by atoms with Crippen LogP contribution in [0.1, 0.15) is 35.7 Å². The first-order valence-electron chi connectivity index (χ1n) is 6.58. The van der Waals surface area contributed by atoms with Gasteiger partial charge in [-0.3, -0.25) is 4.79 Å². The average molecular weight is 272 g/mol. The number of hydrogen-bond acceptors (Lipinski definition) is 2. The van der Waals surface area contributed by atoms with E-state index in [1.54, 1.807) is 6.07 Å². The molecular weight excluding hydrogens is 255 g/mol. The van der Waals surface area contributed by atoms with Gasteiger partial charge in [-0.05, 0) is 35.7 Å². The summed E-state index contributed by atoms with van der Waals surface area (Å²) >= 11 is 0. The van der Waals surface area contributed by atoms with E-state index >= 15 is 0 Å². The number of benzene rings is 2. The van der Waals surface area contributed by atoms with E-state index in [1.807, 2.05) is 24.3 Å². The van der Waals surface area contributed by atoms with Gasteiger partial charge in [0.15, 0.2) is 12.4 Å².